The number of piperidine rings is 1. The normalized spacial score (nSPS) is 23.3. The molecule has 1 aliphatic carbocycles. The monoisotopic (exact) mass is 280 g/mol. The summed E-state index contributed by atoms with van der Waals surface area (Å²) in [4.78, 5) is 13.0. The predicted octanol–water partition coefficient (Wildman–Crippen LogP) is 2.29. The fraction of sp³-hybridized carbons (Fsp3) is 0.917. The molecular weight excluding hydrogens is 261 g/mol. The summed E-state index contributed by atoms with van der Waals surface area (Å²) in [6.45, 7) is 2.94. The minimum absolute atomic E-state index is 0.161. The van der Waals surface area contributed by atoms with Crippen molar-refractivity contribution < 1.29 is 22.7 Å². The third kappa shape index (κ3) is 3.13. The summed E-state index contributed by atoms with van der Waals surface area (Å²) >= 11 is 0. The average molecular weight is 280 g/mol. The van der Waals surface area contributed by atoms with Crippen LogP contribution in [0.25, 0.3) is 0 Å². The molecule has 1 saturated heterocycles. The maximum atomic E-state index is 12.8. The Morgan fingerprint density at radius 2 is 1.95 bits per heavy atom. The van der Waals surface area contributed by atoms with E-state index in [1.54, 1.807) is 11.8 Å². The summed E-state index contributed by atoms with van der Waals surface area (Å²) in [6.07, 6.45) is -3.15. The van der Waals surface area contributed by atoms with Gasteiger partial charge in [0.05, 0.1) is 6.61 Å². The van der Waals surface area contributed by atoms with Gasteiger partial charge in [-0.3, -0.25) is 0 Å². The van der Waals surface area contributed by atoms with Gasteiger partial charge in [0.25, 0.3) is 0 Å². The van der Waals surface area contributed by atoms with Crippen LogP contribution < -0.4 is 5.32 Å². The van der Waals surface area contributed by atoms with E-state index in [0.29, 0.717) is 32.5 Å². The average Bonchev–Trinajstić information content (AvgIpc) is 3.10. The van der Waals surface area contributed by atoms with Crippen molar-refractivity contribution in [2.75, 3.05) is 19.7 Å². The Morgan fingerprint density at radius 1 is 1.37 bits per heavy atom. The van der Waals surface area contributed by atoms with Crippen LogP contribution in [-0.4, -0.2) is 48.4 Å². The van der Waals surface area contributed by atoms with Crippen molar-refractivity contribution in [2.24, 2.45) is 0 Å². The Morgan fingerprint density at radius 3 is 2.37 bits per heavy atom. The van der Waals surface area contributed by atoms with Gasteiger partial charge in [-0.15, -0.1) is 0 Å². The number of hydrogen-bond acceptors (Lipinski definition) is 3. The molecule has 2 fully saturated rings. The molecular formula is C12H19F3N2O2. The molecule has 1 saturated carbocycles. The van der Waals surface area contributed by atoms with Crippen LogP contribution >= 0.6 is 0 Å². The van der Waals surface area contributed by atoms with Gasteiger partial charge >= 0.3 is 12.3 Å². The highest BCUT2D eigenvalue weighted by Gasteiger charge is 2.63. The fourth-order valence-electron chi connectivity index (χ4n) is 2.45. The highest BCUT2D eigenvalue weighted by Crippen LogP contribution is 2.49. The van der Waals surface area contributed by atoms with Crippen molar-refractivity contribution in [3.63, 3.8) is 0 Å². The third-order valence-electron chi connectivity index (χ3n) is 3.79. The summed E-state index contributed by atoms with van der Waals surface area (Å²) in [5.74, 6) is 0. The highest BCUT2D eigenvalue weighted by atomic mass is 19.4. The molecule has 110 valence electrons. The molecule has 0 unspecified atom stereocenters. The highest BCUT2D eigenvalue weighted by molar-refractivity contribution is 5.67. The first-order valence-corrected chi connectivity index (χ1v) is 6.64. The molecule has 1 aliphatic heterocycles. The molecule has 0 spiro atoms. The summed E-state index contributed by atoms with van der Waals surface area (Å²) in [7, 11) is 0. The van der Waals surface area contributed by atoms with Crippen molar-refractivity contribution >= 4 is 6.09 Å². The lowest BCUT2D eigenvalue weighted by atomic mass is 10.0. The van der Waals surface area contributed by atoms with E-state index in [2.05, 4.69) is 5.32 Å². The second kappa shape index (κ2) is 5.19. The largest absolute Gasteiger partial charge is 0.450 e. The van der Waals surface area contributed by atoms with Crippen molar-refractivity contribution in [3.05, 3.63) is 0 Å². The van der Waals surface area contributed by atoms with Crippen LogP contribution in [0.4, 0.5) is 18.0 Å². The number of hydrogen-bond donors (Lipinski definition) is 1. The Kier molecular flexibility index (Phi) is 3.94. The van der Waals surface area contributed by atoms with E-state index >= 15 is 0 Å². The van der Waals surface area contributed by atoms with E-state index in [9.17, 15) is 18.0 Å². The van der Waals surface area contributed by atoms with Crippen molar-refractivity contribution in [2.45, 2.75) is 50.4 Å². The summed E-state index contributed by atoms with van der Waals surface area (Å²) in [5, 5.41) is 2.73. The summed E-state index contributed by atoms with van der Waals surface area (Å²) in [6, 6.07) is -0.171. The quantitative estimate of drug-likeness (QED) is 0.862. The van der Waals surface area contributed by atoms with Gasteiger partial charge in [-0.1, -0.05) is 0 Å². The van der Waals surface area contributed by atoms with Crippen LogP contribution in [0, 0.1) is 0 Å². The Labute approximate surface area is 110 Å². The number of carbonyl (C=O) groups excluding carboxylic acids is 1. The zero-order valence-electron chi connectivity index (χ0n) is 10.9. The molecule has 0 aromatic heterocycles. The van der Waals surface area contributed by atoms with Gasteiger partial charge in [0.2, 0.25) is 0 Å². The van der Waals surface area contributed by atoms with Crippen molar-refractivity contribution in [1.29, 1.82) is 0 Å². The van der Waals surface area contributed by atoms with Gasteiger partial charge < -0.3 is 15.0 Å². The van der Waals surface area contributed by atoms with Gasteiger partial charge in [0.1, 0.15) is 5.54 Å². The minimum atomic E-state index is -4.18. The van der Waals surface area contributed by atoms with Crippen LogP contribution in [0.1, 0.15) is 32.6 Å². The number of nitrogens with one attached hydrogen (secondary N) is 1. The molecule has 19 heavy (non-hydrogen) atoms. The maximum absolute atomic E-state index is 12.8. The fourth-order valence-corrected chi connectivity index (χ4v) is 2.45. The lowest BCUT2D eigenvalue weighted by molar-refractivity contribution is -0.168. The molecule has 1 amide bonds. The number of carbonyl (C=O) groups is 1. The predicted molar refractivity (Wildman–Crippen MR) is 62.8 cm³/mol. The number of rotatable bonds is 3. The number of nitrogens with zero attached hydrogens (tertiary/aromatic N) is 1. The van der Waals surface area contributed by atoms with Crippen molar-refractivity contribution in [3.8, 4) is 0 Å². The molecule has 0 radical (unpaired) electrons. The molecule has 0 aromatic rings. The molecule has 4 nitrogen and oxygen atoms in total. The lowest BCUT2D eigenvalue weighted by Gasteiger charge is -2.34. The van der Waals surface area contributed by atoms with E-state index in [-0.39, 0.29) is 25.0 Å². The third-order valence-corrected chi connectivity index (χ3v) is 3.79. The van der Waals surface area contributed by atoms with E-state index in [1.807, 2.05) is 0 Å². The maximum Gasteiger partial charge on any atom is 0.409 e. The Hall–Kier alpha value is -0.980. The van der Waals surface area contributed by atoms with E-state index in [4.69, 9.17) is 4.74 Å². The molecule has 1 N–H and O–H groups in total. The van der Waals surface area contributed by atoms with Crippen molar-refractivity contribution in [1.82, 2.24) is 10.2 Å². The number of likely N-dealkylation sites (tertiary alicyclic amines) is 1. The van der Waals surface area contributed by atoms with Crippen LogP contribution in [0.3, 0.4) is 0 Å². The number of ether oxygens (including phenoxy) is 1. The van der Waals surface area contributed by atoms with Crippen LogP contribution in [0.15, 0.2) is 0 Å². The minimum Gasteiger partial charge on any atom is -0.450 e. The van der Waals surface area contributed by atoms with E-state index < -0.39 is 11.7 Å². The van der Waals surface area contributed by atoms with Crippen LogP contribution in [-0.2, 0) is 4.74 Å². The second-order valence-corrected chi connectivity index (χ2v) is 5.18. The van der Waals surface area contributed by atoms with Gasteiger partial charge in [-0.05, 0) is 32.6 Å². The molecule has 1 heterocycles. The molecule has 7 heteroatoms. The first-order valence-electron chi connectivity index (χ1n) is 6.64. The molecule has 0 aromatic carbocycles. The molecule has 2 aliphatic rings. The second-order valence-electron chi connectivity index (χ2n) is 5.18. The summed E-state index contributed by atoms with van der Waals surface area (Å²) in [5.41, 5.74) is -1.66. The first-order chi connectivity index (χ1) is 8.88. The smallest absolute Gasteiger partial charge is 0.409 e. The van der Waals surface area contributed by atoms with E-state index in [1.165, 1.54) is 0 Å². The molecule has 0 atom stereocenters. The van der Waals surface area contributed by atoms with Gasteiger partial charge in [0, 0.05) is 19.1 Å². The topological polar surface area (TPSA) is 41.6 Å². The van der Waals surface area contributed by atoms with Crippen LogP contribution in [0.5, 0.6) is 0 Å². The van der Waals surface area contributed by atoms with Crippen LogP contribution in [0.2, 0.25) is 0 Å². The first kappa shape index (κ1) is 14.4. The van der Waals surface area contributed by atoms with Gasteiger partial charge in [0.15, 0.2) is 0 Å². The standard InChI is InChI=1S/C12H19F3N2O2/c1-2-19-10(18)17-7-3-9(4-8-17)16-11(5-6-11)12(13,14)15/h9,16H,2-8H2,1H3. The SMILES string of the molecule is CCOC(=O)N1CCC(NC2(C(F)(F)F)CC2)CC1. The number of amides is 1. The summed E-state index contributed by atoms with van der Waals surface area (Å²) < 4.78 is 43.3. The van der Waals surface area contributed by atoms with Gasteiger partial charge in [-0.2, -0.15) is 13.2 Å². The number of alkyl halides is 3. The van der Waals surface area contributed by atoms with E-state index in [0.717, 1.165) is 0 Å². The zero-order chi connectivity index (χ0) is 14.1. The zero-order valence-corrected chi connectivity index (χ0v) is 10.9. The lowest BCUT2D eigenvalue weighted by Crippen LogP contribution is -2.53. The number of halogens is 3. The Bertz CT molecular complexity index is 334. The molecule has 0 bridgehead atoms. The Balaban J connectivity index is 1.80. The van der Waals surface area contributed by atoms with Gasteiger partial charge in [-0.25, -0.2) is 4.79 Å². The molecule has 2 rings (SSSR count).